The van der Waals surface area contributed by atoms with Gasteiger partial charge >= 0.3 is 0 Å². The van der Waals surface area contributed by atoms with Crippen LogP contribution in [-0.2, 0) is 9.84 Å². The van der Waals surface area contributed by atoms with Crippen LogP contribution >= 0.6 is 24.0 Å². The van der Waals surface area contributed by atoms with Crippen LogP contribution in [0.4, 0.5) is 0 Å². The van der Waals surface area contributed by atoms with E-state index in [-0.39, 0.29) is 35.8 Å². The van der Waals surface area contributed by atoms with Crippen molar-refractivity contribution in [1.29, 1.82) is 0 Å². The first-order valence-corrected chi connectivity index (χ1v) is 10.3. The number of sulfone groups is 1. The molecule has 144 valence electrons. The SMILES string of the molecule is CN=C(NCC(C)N1CCN(C)CC1)NC(C)CCS(C)(=O)=O.I. The topological polar surface area (TPSA) is 77.0 Å². The fraction of sp³-hybridized carbons (Fsp3) is 0.933. The molecule has 2 atom stereocenters. The second-order valence-electron chi connectivity index (χ2n) is 6.61. The van der Waals surface area contributed by atoms with Crippen molar-refractivity contribution < 1.29 is 8.42 Å². The van der Waals surface area contributed by atoms with E-state index in [0.717, 1.165) is 38.7 Å². The third-order valence-electron chi connectivity index (χ3n) is 4.25. The number of hydrogen-bond acceptors (Lipinski definition) is 5. The number of piperazine rings is 1. The van der Waals surface area contributed by atoms with E-state index >= 15 is 0 Å². The van der Waals surface area contributed by atoms with Crippen LogP contribution in [0.3, 0.4) is 0 Å². The predicted octanol–water partition coefficient (Wildman–Crippen LogP) is 0.229. The number of aliphatic imine (C=N–C) groups is 1. The molecule has 24 heavy (non-hydrogen) atoms. The Bertz CT molecular complexity index is 478. The minimum absolute atomic E-state index is 0. The standard InChI is InChI=1S/C15H33N5O2S.HI/c1-13(6-11-23(5,21)22)18-15(16-3)17-12-14(2)20-9-7-19(4)8-10-20;/h13-14H,6-12H2,1-5H3,(H2,16,17,18);1H. The lowest BCUT2D eigenvalue weighted by molar-refractivity contribution is 0.120. The lowest BCUT2D eigenvalue weighted by atomic mass is 10.2. The van der Waals surface area contributed by atoms with Gasteiger partial charge in [-0.05, 0) is 27.3 Å². The van der Waals surface area contributed by atoms with E-state index in [2.05, 4.69) is 39.4 Å². The van der Waals surface area contributed by atoms with Crippen molar-refractivity contribution in [3.8, 4) is 0 Å². The summed E-state index contributed by atoms with van der Waals surface area (Å²) in [6.07, 6.45) is 1.85. The van der Waals surface area contributed by atoms with Gasteiger partial charge in [-0.3, -0.25) is 9.89 Å². The van der Waals surface area contributed by atoms with Crippen LogP contribution in [0.1, 0.15) is 20.3 Å². The van der Waals surface area contributed by atoms with Crippen LogP contribution in [0.5, 0.6) is 0 Å². The van der Waals surface area contributed by atoms with Gasteiger partial charge in [0.05, 0.1) is 5.75 Å². The van der Waals surface area contributed by atoms with Crippen molar-refractivity contribution in [2.45, 2.75) is 32.4 Å². The van der Waals surface area contributed by atoms with Gasteiger partial charge in [0.25, 0.3) is 0 Å². The second-order valence-corrected chi connectivity index (χ2v) is 8.87. The fourth-order valence-corrected chi connectivity index (χ4v) is 3.31. The Hall–Kier alpha value is -0.130. The van der Waals surface area contributed by atoms with E-state index in [1.165, 1.54) is 6.26 Å². The van der Waals surface area contributed by atoms with Crippen molar-refractivity contribution in [1.82, 2.24) is 20.4 Å². The summed E-state index contributed by atoms with van der Waals surface area (Å²) in [4.78, 5) is 9.05. The monoisotopic (exact) mass is 475 g/mol. The molecule has 0 bridgehead atoms. The molecule has 1 fully saturated rings. The highest BCUT2D eigenvalue weighted by Gasteiger charge is 2.19. The number of nitrogens with zero attached hydrogens (tertiary/aromatic N) is 3. The zero-order valence-corrected chi connectivity index (χ0v) is 18.7. The Morgan fingerprint density at radius 3 is 2.29 bits per heavy atom. The molecule has 0 aromatic carbocycles. The molecule has 9 heteroatoms. The quantitative estimate of drug-likeness (QED) is 0.312. The van der Waals surface area contributed by atoms with Gasteiger partial charge in [0.2, 0.25) is 0 Å². The Morgan fingerprint density at radius 1 is 1.21 bits per heavy atom. The average molecular weight is 475 g/mol. The van der Waals surface area contributed by atoms with Crippen LogP contribution < -0.4 is 10.6 Å². The van der Waals surface area contributed by atoms with Crippen molar-refractivity contribution >= 4 is 39.8 Å². The van der Waals surface area contributed by atoms with E-state index < -0.39 is 9.84 Å². The van der Waals surface area contributed by atoms with E-state index in [9.17, 15) is 8.42 Å². The van der Waals surface area contributed by atoms with Gasteiger partial charge in [0.15, 0.2) is 5.96 Å². The molecule has 1 rings (SSSR count). The smallest absolute Gasteiger partial charge is 0.191 e. The van der Waals surface area contributed by atoms with Crippen molar-refractivity contribution in [2.75, 3.05) is 58.8 Å². The number of nitrogens with one attached hydrogen (secondary N) is 2. The minimum atomic E-state index is -2.92. The number of rotatable bonds is 7. The maximum absolute atomic E-state index is 11.2. The molecule has 0 radical (unpaired) electrons. The maximum Gasteiger partial charge on any atom is 0.191 e. The average Bonchev–Trinajstić information content (AvgIpc) is 2.49. The maximum atomic E-state index is 11.2. The molecule has 0 amide bonds. The minimum Gasteiger partial charge on any atom is -0.355 e. The summed E-state index contributed by atoms with van der Waals surface area (Å²) in [5.74, 6) is 0.919. The van der Waals surface area contributed by atoms with Crippen LogP contribution in [0, 0.1) is 0 Å². The zero-order valence-electron chi connectivity index (χ0n) is 15.6. The van der Waals surface area contributed by atoms with Gasteiger partial charge in [0, 0.05) is 58.1 Å². The first-order chi connectivity index (χ1) is 10.7. The van der Waals surface area contributed by atoms with Gasteiger partial charge in [-0.1, -0.05) is 0 Å². The van der Waals surface area contributed by atoms with E-state index in [0.29, 0.717) is 12.5 Å². The molecule has 0 aliphatic carbocycles. The molecule has 0 spiro atoms. The molecule has 1 saturated heterocycles. The highest BCUT2D eigenvalue weighted by molar-refractivity contribution is 14.0. The number of likely N-dealkylation sites (N-methyl/N-ethyl adjacent to an activating group) is 1. The third-order valence-corrected chi connectivity index (χ3v) is 5.23. The van der Waals surface area contributed by atoms with Crippen LogP contribution in [-0.4, -0.2) is 95.1 Å². The van der Waals surface area contributed by atoms with Crippen molar-refractivity contribution in [3.05, 3.63) is 0 Å². The number of halogens is 1. The summed E-state index contributed by atoms with van der Waals surface area (Å²) in [5, 5.41) is 6.59. The Kier molecular flexibility index (Phi) is 11.4. The largest absolute Gasteiger partial charge is 0.355 e. The Morgan fingerprint density at radius 2 is 1.79 bits per heavy atom. The van der Waals surface area contributed by atoms with Crippen LogP contribution in [0.15, 0.2) is 4.99 Å². The summed E-state index contributed by atoms with van der Waals surface area (Å²) in [5.41, 5.74) is 0. The normalized spacial score (nSPS) is 20.1. The molecule has 0 aromatic rings. The molecule has 1 aliphatic heterocycles. The Balaban J connectivity index is 0.00000529. The third kappa shape index (κ3) is 10.00. The molecule has 0 aromatic heterocycles. The van der Waals surface area contributed by atoms with Crippen molar-refractivity contribution in [2.24, 2.45) is 4.99 Å². The molecular weight excluding hydrogens is 441 g/mol. The predicted molar refractivity (Wildman–Crippen MR) is 112 cm³/mol. The highest BCUT2D eigenvalue weighted by atomic mass is 127. The van der Waals surface area contributed by atoms with Gasteiger partial charge in [-0.25, -0.2) is 8.42 Å². The summed E-state index contributed by atoms with van der Waals surface area (Å²) >= 11 is 0. The van der Waals surface area contributed by atoms with Gasteiger partial charge in [-0.2, -0.15) is 0 Å². The first-order valence-electron chi connectivity index (χ1n) is 8.28. The summed E-state index contributed by atoms with van der Waals surface area (Å²) in [6.45, 7) is 9.43. The van der Waals surface area contributed by atoms with E-state index in [1.807, 2.05) is 6.92 Å². The molecule has 2 unspecified atom stereocenters. The zero-order chi connectivity index (χ0) is 17.5. The van der Waals surface area contributed by atoms with E-state index in [4.69, 9.17) is 0 Å². The van der Waals surface area contributed by atoms with Gasteiger partial charge in [0.1, 0.15) is 9.84 Å². The molecule has 0 saturated carbocycles. The fourth-order valence-electron chi connectivity index (χ4n) is 2.53. The lowest BCUT2D eigenvalue weighted by Gasteiger charge is -2.36. The number of hydrogen-bond donors (Lipinski definition) is 2. The molecular formula is C15H34IN5O2S. The summed E-state index contributed by atoms with van der Waals surface area (Å²) < 4.78 is 22.4. The van der Waals surface area contributed by atoms with E-state index in [1.54, 1.807) is 7.05 Å². The highest BCUT2D eigenvalue weighted by Crippen LogP contribution is 2.04. The molecule has 1 heterocycles. The molecule has 1 aliphatic rings. The lowest BCUT2D eigenvalue weighted by Crippen LogP contribution is -2.53. The molecule has 7 nitrogen and oxygen atoms in total. The van der Waals surface area contributed by atoms with Gasteiger partial charge < -0.3 is 15.5 Å². The first kappa shape index (κ1) is 23.9. The Labute approximate surface area is 164 Å². The number of guanidine groups is 1. The summed E-state index contributed by atoms with van der Waals surface area (Å²) in [6, 6.07) is 0.503. The molecule has 2 N–H and O–H groups in total. The second kappa shape index (κ2) is 11.5. The van der Waals surface area contributed by atoms with Gasteiger partial charge in [-0.15, -0.1) is 24.0 Å². The van der Waals surface area contributed by atoms with Crippen molar-refractivity contribution in [3.63, 3.8) is 0 Å². The van der Waals surface area contributed by atoms with Crippen LogP contribution in [0.2, 0.25) is 0 Å². The van der Waals surface area contributed by atoms with Crippen LogP contribution in [0.25, 0.3) is 0 Å². The summed E-state index contributed by atoms with van der Waals surface area (Å²) in [7, 11) is 0.975.